The van der Waals surface area contributed by atoms with E-state index in [1.165, 1.54) is 17.1 Å². The van der Waals surface area contributed by atoms with Gasteiger partial charge in [-0.05, 0) is 103 Å². The van der Waals surface area contributed by atoms with Crippen molar-refractivity contribution in [1.29, 1.82) is 0 Å². The Kier molecular flexibility index (Phi) is 9.41. The number of benzene rings is 4. The van der Waals surface area contributed by atoms with Gasteiger partial charge in [-0.3, -0.25) is 4.79 Å². The van der Waals surface area contributed by atoms with E-state index in [1.807, 2.05) is 72.8 Å². The fourth-order valence-electron chi connectivity index (χ4n) is 6.96. The summed E-state index contributed by atoms with van der Waals surface area (Å²) in [5.41, 5.74) is 2.09. The third-order valence-electron chi connectivity index (χ3n) is 9.55. The van der Waals surface area contributed by atoms with Crippen LogP contribution >= 0.6 is 11.6 Å². The predicted molar refractivity (Wildman–Crippen MR) is 184 cm³/mol. The van der Waals surface area contributed by atoms with Gasteiger partial charge in [0.2, 0.25) is 15.9 Å². The summed E-state index contributed by atoms with van der Waals surface area (Å²) >= 11 is 6.05. The maximum absolute atomic E-state index is 14.3. The molecule has 1 N–H and O–H groups in total. The van der Waals surface area contributed by atoms with Crippen molar-refractivity contribution in [3.63, 3.8) is 0 Å². The Morgan fingerprint density at radius 2 is 1.34 bits per heavy atom. The zero-order valence-corrected chi connectivity index (χ0v) is 27.9. The molecule has 2 heterocycles. The normalized spacial score (nSPS) is 21.2. The molecular weight excluding hydrogens is 634 g/mol. The van der Waals surface area contributed by atoms with Gasteiger partial charge in [0, 0.05) is 44.2 Å². The molecule has 0 aromatic heterocycles. The fourth-order valence-corrected chi connectivity index (χ4v) is 8.73. The summed E-state index contributed by atoms with van der Waals surface area (Å²) in [5, 5.41) is 5.69. The highest BCUT2D eigenvalue weighted by Gasteiger charge is 2.43. The van der Waals surface area contributed by atoms with Gasteiger partial charge in [0.25, 0.3) is 0 Å². The molecule has 246 valence electrons. The number of rotatable bonds is 8. The lowest BCUT2D eigenvalue weighted by Crippen LogP contribution is -2.58. The van der Waals surface area contributed by atoms with E-state index in [0.29, 0.717) is 43.4 Å². The predicted octanol–water partition coefficient (Wildman–Crippen LogP) is 6.51. The summed E-state index contributed by atoms with van der Waals surface area (Å²) in [6.07, 6.45) is 5.21. The van der Waals surface area contributed by atoms with Crippen molar-refractivity contribution in [2.24, 2.45) is 0 Å². The van der Waals surface area contributed by atoms with Crippen LogP contribution in [0.2, 0.25) is 5.02 Å². The van der Waals surface area contributed by atoms with Gasteiger partial charge >= 0.3 is 0 Å². The van der Waals surface area contributed by atoms with Crippen molar-refractivity contribution >= 4 is 38.3 Å². The van der Waals surface area contributed by atoms with Gasteiger partial charge in [0.1, 0.15) is 23.6 Å². The molecule has 1 amide bonds. The topological polar surface area (TPSA) is 88.2 Å². The van der Waals surface area contributed by atoms with Crippen LogP contribution in [-0.4, -0.2) is 74.5 Å². The molecule has 1 saturated carbocycles. The molecule has 3 aliphatic rings. The minimum atomic E-state index is -3.98. The number of hydrogen-bond acceptors (Lipinski definition) is 6. The number of hydrogen-bond donors (Lipinski definition) is 1. The Morgan fingerprint density at radius 1 is 0.723 bits per heavy atom. The third kappa shape index (κ3) is 7.14. The average molecular weight is 674 g/mol. The molecule has 0 bridgehead atoms. The second kappa shape index (κ2) is 13.8. The molecule has 2 aliphatic heterocycles. The molecular formula is C37H40ClN3O5S. The molecule has 1 aliphatic carbocycles. The molecule has 0 spiro atoms. The first kappa shape index (κ1) is 31.9. The number of sulfonamides is 1. The average Bonchev–Trinajstić information content (AvgIpc) is 3.62. The van der Waals surface area contributed by atoms with Crippen LogP contribution in [0.5, 0.6) is 11.5 Å². The highest BCUT2D eigenvalue weighted by molar-refractivity contribution is 7.89. The Bertz CT molecular complexity index is 1820. The Morgan fingerprint density at radius 3 is 2.06 bits per heavy atom. The maximum Gasteiger partial charge on any atom is 0.243 e. The summed E-state index contributed by atoms with van der Waals surface area (Å²) < 4.78 is 42.5. The lowest BCUT2D eigenvalue weighted by Gasteiger charge is -2.40. The Hall–Kier alpha value is -3.63. The minimum Gasteiger partial charge on any atom is -0.490 e. The zero-order chi connectivity index (χ0) is 32.4. The summed E-state index contributed by atoms with van der Waals surface area (Å²) in [7, 11) is -3.98. The molecule has 2 saturated heterocycles. The van der Waals surface area contributed by atoms with E-state index in [0.717, 1.165) is 40.5 Å². The van der Waals surface area contributed by atoms with Crippen LogP contribution in [-0.2, 0) is 14.8 Å². The molecule has 10 heteroatoms. The number of nitrogens with zero attached hydrogens (tertiary/aromatic N) is 2. The molecule has 7 rings (SSSR count). The number of amides is 1. The van der Waals surface area contributed by atoms with E-state index in [9.17, 15) is 13.2 Å². The van der Waals surface area contributed by atoms with Gasteiger partial charge in [-0.2, -0.15) is 4.31 Å². The molecule has 3 fully saturated rings. The lowest BCUT2D eigenvalue weighted by atomic mass is 10.00. The molecule has 0 unspecified atom stereocenters. The quantitative estimate of drug-likeness (QED) is 0.229. The third-order valence-corrected chi connectivity index (χ3v) is 11.7. The number of ether oxygens (including phenoxy) is 2. The van der Waals surface area contributed by atoms with Crippen molar-refractivity contribution in [3.8, 4) is 22.6 Å². The minimum absolute atomic E-state index is 0.170. The first-order valence-electron chi connectivity index (χ1n) is 16.6. The Labute approximate surface area is 281 Å². The number of nitrogens with one attached hydrogen (secondary N) is 1. The molecule has 4 aromatic carbocycles. The van der Waals surface area contributed by atoms with Crippen LogP contribution in [0, 0.1) is 0 Å². The molecule has 47 heavy (non-hydrogen) atoms. The molecule has 0 radical (unpaired) electrons. The van der Waals surface area contributed by atoms with Crippen LogP contribution in [0.4, 0.5) is 0 Å². The highest BCUT2D eigenvalue weighted by Crippen LogP contribution is 2.33. The van der Waals surface area contributed by atoms with E-state index in [-0.39, 0.29) is 36.0 Å². The monoisotopic (exact) mass is 673 g/mol. The van der Waals surface area contributed by atoms with Crippen molar-refractivity contribution in [1.82, 2.24) is 14.5 Å². The van der Waals surface area contributed by atoms with E-state index < -0.39 is 16.1 Å². The van der Waals surface area contributed by atoms with Crippen molar-refractivity contribution < 1.29 is 22.7 Å². The van der Waals surface area contributed by atoms with E-state index in [1.54, 1.807) is 17.0 Å². The second-order valence-electron chi connectivity index (χ2n) is 12.7. The van der Waals surface area contributed by atoms with Crippen LogP contribution in [0.3, 0.4) is 0 Å². The first-order valence-corrected chi connectivity index (χ1v) is 18.4. The SMILES string of the molecule is O=C([C@@H]1C[C@@H](Oc2ccc(-c3ccc(Cl)cc3)cc2)CCN1S(=O)(=O)c1ccc2cc(OC3CCCC3)ccc2c1)N1CCNCC1. The molecule has 8 nitrogen and oxygen atoms in total. The van der Waals surface area contributed by atoms with Crippen LogP contribution in [0.15, 0.2) is 89.8 Å². The summed E-state index contributed by atoms with van der Waals surface area (Å²) in [6, 6.07) is 25.6. The van der Waals surface area contributed by atoms with Gasteiger partial charge in [-0.25, -0.2) is 8.42 Å². The fraction of sp³-hybridized carbons (Fsp3) is 0.378. The van der Waals surface area contributed by atoms with Crippen LogP contribution < -0.4 is 14.8 Å². The summed E-state index contributed by atoms with van der Waals surface area (Å²) in [4.78, 5) is 15.9. The van der Waals surface area contributed by atoms with Crippen LogP contribution in [0.1, 0.15) is 38.5 Å². The molecule has 2 atom stereocenters. The van der Waals surface area contributed by atoms with Crippen molar-refractivity contribution in [2.75, 3.05) is 32.7 Å². The molecule has 4 aromatic rings. The van der Waals surface area contributed by atoms with E-state index >= 15 is 0 Å². The van der Waals surface area contributed by atoms with E-state index in [4.69, 9.17) is 21.1 Å². The van der Waals surface area contributed by atoms with Gasteiger partial charge in [-0.1, -0.05) is 48.0 Å². The number of piperidine rings is 1. The summed E-state index contributed by atoms with van der Waals surface area (Å²) in [5.74, 6) is 1.32. The van der Waals surface area contributed by atoms with Gasteiger partial charge < -0.3 is 19.7 Å². The maximum atomic E-state index is 14.3. The first-order chi connectivity index (χ1) is 22.8. The standard InChI is InChI=1S/C37H40ClN3O5S/c38-30-11-5-26(6-12-30)27-7-13-32(14-8-27)46-34-17-20-41(36(25-34)37(42)40-21-18-39-19-22-40)47(43,44)35-16-10-28-23-33(15-9-29(28)24-35)45-31-3-1-2-4-31/h5-16,23-24,31,34,36,39H,1-4,17-22,25H2/t34-,36-/m0/s1. The number of carbonyl (C=O) groups is 1. The van der Waals surface area contributed by atoms with Crippen LogP contribution in [0.25, 0.3) is 21.9 Å². The zero-order valence-electron chi connectivity index (χ0n) is 26.3. The van der Waals surface area contributed by atoms with Crippen molar-refractivity contribution in [3.05, 3.63) is 90.0 Å². The largest absolute Gasteiger partial charge is 0.490 e. The highest BCUT2D eigenvalue weighted by atomic mass is 35.5. The van der Waals surface area contributed by atoms with E-state index in [2.05, 4.69) is 5.32 Å². The van der Waals surface area contributed by atoms with Crippen molar-refractivity contribution in [2.45, 2.75) is 61.7 Å². The number of carbonyl (C=O) groups excluding carboxylic acids is 1. The lowest BCUT2D eigenvalue weighted by molar-refractivity contribution is -0.138. The van der Waals surface area contributed by atoms with Gasteiger partial charge in [-0.15, -0.1) is 0 Å². The number of halogens is 1. The van der Waals surface area contributed by atoms with Gasteiger partial charge in [0.05, 0.1) is 11.0 Å². The summed E-state index contributed by atoms with van der Waals surface area (Å²) in [6.45, 7) is 2.64. The van der Waals surface area contributed by atoms with Gasteiger partial charge in [0.15, 0.2) is 0 Å². The smallest absolute Gasteiger partial charge is 0.243 e. The second-order valence-corrected chi connectivity index (χ2v) is 15.0. The number of fused-ring (bicyclic) bond motifs is 1. The number of piperazine rings is 1. The Balaban J connectivity index is 1.10.